The molecule has 5 nitrogen and oxygen atoms in total. The first-order chi connectivity index (χ1) is 8.77. The average molecular weight is 255 g/mol. The predicted octanol–water partition coefficient (Wildman–Crippen LogP) is 0.646. The lowest BCUT2D eigenvalue weighted by atomic mass is 9.77. The second-order valence-electron chi connectivity index (χ2n) is 5.47. The number of ether oxygens (including phenoxy) is 1. The molecule has 1 aliphatic heterocycles. The SMILES string of the molecule is COCC(C(=O)NN)N1CCC[C@H]2CCCC[C@H]21. The van der Waals surface area contributed by atoms with Crippen molar-refractivity contribution in [3.8, 4) is 0 Å². The third kappa shape index (κ3) is 2.84. The van der Waals surface area contributed by atoms with E-state index in [0.29, 0.717) is 12.6 Å². The summed E-state index contributed by atoms with van der Waals surface area (Å²) in [5.41, 5.74) is 2.28. The zero-order valence-electron chi connectivity index (χ0n) is 11.2. The van der Waals surface area contributed by atoms with Crippen molar-refractivity contribution in [2.45, 2.75) is 50.6 Å². The van der Waals surface area contributed by atoms with Crippen molar-refractivity contribution < 1.29 is 9.53 Å². The molecule has 0 aromatic heterocycles. The highest BCUT2D eigenvalue weighted by atomic mass is 16.5. The second-order valence-corrected chi connectivity index (χ2v) is 5.47. The van der Waals surface area contributed by atoms with Crippen LogP contribution in [-0.2, 0) is 9.53 Å². The third-order valence-corrected chi connectivity index (χ3v) is 4.46. The predicted molar refractivity (Wildman–Crippen MR) is 69.7 cm³/mol. The van der Waals surface area contributed by atoms with E-state index in [1.54, 1.807) is 7.11 Å². The molecular weight excluding hydrogens is 230 g/mol. The third-order valence-electron chi connectivity index (χ3n) is 4.46. The van der Waals surface area contributed by atoms with Crippen LogP contribution in [0.5, 0.6) is 0 Å². The molecule has 5 heteroatoms. The lowest BCUT2D eigenvalue weighted by molar-refractivity contribution is -0.132. The van der Waals surface area contributed by atoms with Crippen LogP contribution in [0.15, 0.2) is 0 Å². The largest absolute Gasteiger partial charge is 0.383 e. The summed E-state index contributed by atoms with van der Waals surface area (Å²) in [7, 11) is 1.64. The van der Waals surface area contributed by atoms with Crippen LogP contribution in [0.2, 0.25) is 0 Å². The molecule has 3 N–H and O–H groups in total. The number of amides is 1. The summed E-state index contributed by atoms with van der Waals surface area (Å²) in [6.07, 6.45) is 7.63. The number of rotatable bonds is 4. The van der Waals surface area contributed by atoms with Gasteiger partial charge in [0, 0.05) is 13.2 Å². The highest BCUT2D eigenvalue weighted by molar-refractivity contribution is 5.81. The van der Waals surface area contributed by atoms with Crippen LogP contribution < -0.4 is 11.3 Å². The van der Waals surface area contributed by atoms with E-state index >= 15 is 0 Å². The fourth-order valence-electron chi connectivity index (χ4n) is 3.63. The summed E-state index contributed by atoms with van der Waals surface area (Å²) < 4.78 is 5.20. The van der Waals surface area contributed by atoms with Gasteiger partial charge in [-0.25, -0.2) is 5.84 Å². The molecule has 18 heavy (non-hydrogen) atoms. The van der Waals surface area contributed by atoms with Crippen LogP contribution in [0.1, 0.15) is 38.5 Å². The Balaban J connectivity index is 2.09. The Bertz CT molecular complexity index is 283. The molecule has 1 amide bonds. The van der Waals surface area contributed by atoms with E-state index in [1.807, 2.05) is 0 Å². The van der Waals surface area contributed by atoms with Gasteiger partial charge in [0.05, 0.1) is 6.61 Å². The molecular formula is C13H25N3O2. The minimum absolute atomic E-state index is 0.122. The Labute approximate surface area is 109 Å². The summed E-state index contributed by atoms with van der Waals surface area (Å²) >= 11 is 0. The number of nitrogens with zero attached hydrogens (tertiary/aromatic N) is 1. The van der Waals surface area contributed by atoms with Gasteiger partial charge in [0.25, 0.3) is 5.91 Å². The molecule has 1 aliphatic carbocycles. The van der Waals surface area contributed by atoms with Crippen LogP contribution in [0.3, 0.4) is 0 Å². The molecule has 0 radical (unpaired) electrons. The lowest BCUT2D eigenvalue weighted by Gasteiger charge is -2.46. The fraction of sp³-hybridized carbons (Fsp3) is 0.923. The van der Waals surface area contributed by atoms with Crippen molar-refractivity contribution in [2.75, 3.05) is 20.3 Å². The molecule has 1 heterocycles. The van der Waals surface area contributed by atoms with Gasteiger partial charge >= 0.3 is 0 Å². The number of nitrogens with one attached hydrogen (secondary N) is 1. The lowest BCUT2D eigenvalue weighted by Crippen LogP contribution is -2.58. The minimum atomic E-state index is -0.231. The second kappa shape index (κ2) is 6.50. The molecule has 2 rings (SSSR count). The zero-order chi connectivity index (χ0) is 13.0. The highest BCUT2D eigenvalue weighted by Gasteiger charge is 2.38. The maximum Gasteiger partial charge on any atom is 0.253 e. The van der Waals surface area contributed by atoms with Crippen molar-refractivity contribution in [3.05, 3.63) is 0 Å². The normalized spacial score (nSPS) is 30.6. The number of likely N-dealkylation sites (tertiary alicyclic amines) is 1. The van der Waals surface area contributed by atoms with Gasteiger partial charge in [-0.05, 0) is 38.1 Å². The van der Waals surface area contributed by atoms with Gasteiger partial charge in [-0.2, -0.15) is 0 Å². The number of methoxy groups -OCH3 is 1. The number of fused-ring (bicyclic) bond motifs is 1. The number of carbonyl (C=O) groups is 1. The summed E-state index contributed by atoms with van der Waals surface area (Å²) in [4.78, 5) is 14.3. The maximum absolute atomic E-state index is 11.9. The standard InChI is InChI=1S/C13H25N3O2/c1-18-9-12(13(17)15-14)16-8-4-6-10-5-2-3-7-11(10)16/h10-12H,2-9,14H2,1H3,(H,15,17)/t10-,11-,12?/m1/s1. The maximum atomic E-state index is 11.9. The van der Waals surface area contributed by atoms with Crippen LogP contribution >= 0.6 is 0 Å². The summed E-state index contributed by atoms with van der Waals surface area (Å²) in [6.45, 7) is 1.41. The molecule has 2 fully saturated rings. The number of nitrogens with two attached hydrogens (primary N) is 1. The first-order valence-corrected chi connectivity index (χ1v) is 7.03. The Morgan fingerprint density at radius 3 is 2.83 bits per heavy atom. The van der Waals surface area contributed by atoms with E-state index < -0.39 is 0 Å². The molecule has 2 aliphatic rings. The number of hydrazine groups is 1. The Hall–Kier alpha value is -0.650. The Kier molecular flexibility index (Phi) is 4.97. The highest BCUT2D eigenvalue weighted by Crippen LogP contribution is 2.36. The molecule has 1 saturated heterocycles. The van der Waals surface area contributed by atoms with E-state index in [1.165, 1.54) is 38.5 Å². The van der Waals surface area contributed by atoms with Crippen molar-refractivity contribution in [1.29, 1.82) is 0 Å². The van der Waals surface area contributed by atoms with Gasteiger partial charge in [0.2, 0.25) is 0 Å². The van der Waals surface area contributed by atoms with Gasteiger partial charge in [-0.15, -0.1) is 0 Å². The molecule has 0 aromatic carbocycles. The quantitative estimate of drug-likeness (QED) is 0.439. The van der Waals surface area contributed by atoms with E-state index in [2.05, 4.69) is 10.3 Å². The van der Waals surface area contributed by atoms with Crippen LogP contribution in [-0.4, -0.2) is 43.2 Å². The Morgan fingerprint density at radius 1 is 1.39 bits per heavy atom. The van der Waals surface area contributed by atoms with Gasteiger partial charge in [0.15, 0.2) is 0 Å². The van der Waals surface area contributed by atoms with Gasteiger partial charge in [-0.1, -0.05) is 12.8 Å². The van der Waals surface area contributed by atoms with E-state index in [9.17, 15) is 4.79 Å². The average Bonchev–Trinajstić information content (AvgIpc) is 2.43. The van der Waals surface area contributed by atoms with Crippen LogP contribution in [0.4, 0.5) is 0 Å². The van der Waals surface area contributed by atoms with Crippen molar-refractivity contribution >= 4 is 5.91 Å². The molecule has 1 unspecified atom stereocenters. The molecule has 1 saturated carbocycles. The first kappa shape index (κ1) is 13.8. The van der Waals surface area contributed by atoms with Crippen LogP contribution in [0.25, 0.3) is 0 Å². The Morgan fingerprint density at radius 2 is 2.11 bits per heavy atom. The fourth-order valence-corrected chi connectivity index (χ4v) is 3.63. The number of carbonyl (C=O) groups excluding carboxylic acids is 1. The van der Waals surface area contributed by atoms with Crippen molar-refractivity contribution in [1.82, 2.24) is 10.3 Å². The summed E-state index contributed by atoms with van der Waals surface area (Å²) in [5, 5.41) is 0. The van der Waals surface area contributed by atoms with Gasteiger partial charge in [0.1, 0.15) is 6.04 Å². The molecule has 0 bridgehead atoms. The molecule has 0 aromatic rings. The van der Waals surface area contributed by atoms with E-state index in [-0.39, 0.29) is 11.9 Å². The van der Waals surface area contributed by atoms with E-state index in [0.717, 1.165) is 12.5 Å². The topological polar surface area (TPSA) is 67.6 Å². The van der Waals surface area contributed by atoms with E-state index in [4.69, 9.17) is 10.6 Å². The number of hydrogen-bond acceptors (Lipinski definition) is 4. The van der Waals surface area contributed by atoms with Crippen molar-refractivity contribution in [3.63, 3.8) is 0 Å². The number of hydrogen-bond donors (Lipinski definition) is 2. The molecule has 104 valence electrons. The van der Waals surface area contributed by atoms with Crippen molar-refractivity contribution in [2.24, 2.45) is 11.8 Å². The zero-order valence-corrected chi connectivity index (χ0v) is 11.2. The molecule has 0 spiro atoms. The number of piperidine rings is 1. The first-order valence-electron chi connectivity index (χ1n) is 7.03. The summed E-state index contributed by atoms with van der Waals surface area (Å²) in [6, 6.07) is 0.316. The minimum Gasteiger partial charge on any atom is -0.383 e. The van der Waals surface area contributed by atoms with Crippen LogP contribution in [0, 0.1) is 5.92 Å². The molecule has 3 atom stereocenters. The van der Waals surface area contributed by atoms with Gasteiger partial charge in [-0.3, -0.25) is 15.1 Å². The smallest absolute Gasteiger partial charge is 0.253 e. The summed E-state index contributed by atoms with van der Waals surface area (Å²) in [5.74, 6) is 5.94. The van der Waals surface area contributed by atoms with Gasteiger partial charge < -0.3 is 4.74 Å². The monoisotopic (exact) mass is 255 g/mol.